The first kappa shape index (κ1) is 5.22. The molecule has 0 aliphatic carbocycles. The largest absolute Gasteiger partial charge is 0.460 e. The minimum Gasteiger partial charge on any atom is -0.460 e. The van der Waals surface area contributed by atoms with Crippen molar-refractivity contribution in [3.05, 3.63) is 18.6 Å². The maximum Gasteiger partial charge on any atom is 0.158 e. The second-order valence-electron chi connectivity index (χ2n) is 1.88. The minimum atomic E-state index is 0.656. The Bertz CT molecular complexity index is 360. The van der Waals surface area contributed by atoms with Crippen LogP contribution in [0.25, 0.3) is 17.1 Å². The zero-order valence-corrected chi connectivity index (χ0v) is 5.16. The van der Waals surface area contributed by atoms with Gasteiger partial charge in [0.05, 0.1) is 0 Å². The molecule has 0 bridgehead atoms. The molecule has 2 heterocycles. The van der Waals surface area contributed by atoms with Crippen LogP contribution >= 0.6 is 0 Å². The van der Waals surface area contributed by atoms with Crippen molar-refractivity contribution in [3.63, 3.8) is 0 Å². The lowest BCUT2D eigenvalue weighted by molar-refractivity contribution is 0.559. The molecule has 0 atom stereocenters. The molecule has 0 saturated heterocycles. The Balaban J connectivity index is 2.88. The van der Waals surface area contributed by atoms with Gasteiger partial charge in [-0.15, -0.1) is 5.10 Å². The summed E-state index contributed by atoms with van der Waals surface area (Å²) in [4.78, 5) is 0. The second kappa shape index (κ2) is 1.70. The number of aromatic amines is 1. The number of fused-ring (bicyclic) bond motifs is 1. The lowest BCUT2D eigenvalue weighted by atomic mass is 10.4. The van der Waals surface area contributed by atoms with Crippen LogP contribution in [0.1, 0.15) is 5.76 Å². The molecule has 50 valence electrons. The lowest BCUT2D eigenvalue weighted by Gasteiger charge is -1.76. The van der Waals surface area contributed by atoms with Crippen LogP contribution in [0.3, 0.4) is 0 Å². The number of H-pyrrole nitrogens is 1. The molecule has 4 nitrogen and oxygen atoms in total. The van der Waals surface area contributed by atoms with Crippen LogP contribution in [0.5, 0.6) is 0 Å². The molecule has 2 rings (SSSR count). The molecular formula is C6H5N3O. The van der Waals surface area contributed by atoms with Crippen molar-refractivity contribution in [2.75, 3.05) is 0 Å². The summed E-state index contributed by atoms with van der Waals surface area (Å²) in [6, 6.07) is 0. The fourth-order valence-corrected chi connectivity index (χ4v) is 0.823. The third kappa shape index (κ3) is 0.500. The molecule has 0 unspecified atom stereocenters. The third-order valence-electron chi connectivity index (χ3n) is 1.30. The number of hydrogen-bond acceptors (Lipinski definition) is 3. The smallest absolute Gasteiger partial charge is 0.158 e. The van der Waals surface area contributed by atoms with Crippen molar-refractivity contribution in [2.45, 2.75) is 0 Å². The maximum atomic E-state index is 5.05. The number of nitrogens with one attached hydrogen (secondary N) is 1. The molecule has 0 aliphatic rings. The van der Waals surface area contributed by atoms with Crippen molar-refractivity contribution < 1.29 is 4.42 Å². The van der Waals surface area contributed by atoms with Gasteiger partial charge in [-0.05, 0) is 6.08 Å². The molecule has 0 aliphatic heterocycles. The highest BCUT2D eigenvalue weighted by atomic mass is 16.3. The molecular weight excluding hydrogens is 130 g/mol. The van der Waals surface area contributed by atoms with Gasteiger partial charge in [-0.2, -0.15) is 0 Å². The summed E-state index contributed by atoms with van der Waals surface area (Å²) >= 11 is 0. The van der Waals surface area contributed by atoms with Gasteiger partial charge in [-0.3, -0.25) is 5.10 Å². The molecule has 0 saturated carbocycles. The van der Waals surface area contributed by atoms with Crippen LogP contribution in [-0.4, -0.2) is 15.4 Å². The maximum absolute atomic E-state index is 5.05. The van der Waals surface area contributed by atoms with Gasteiger partial charge >= 0.3 is 0 Å². The SMILES string of the molecule is C=Cc1occ2[nH]nnc12. The summed E-state index contributed by atoms with van der Waals surface area (Å²) in [6.45, 7) is 3.56. The predicted octanol–water partition coefficient (Wildman–Crippen LogP) is 1.19. The van der Waals surface area contributed by atoms with E-state index in [9.17, 15) is 0 Å². The molecule has 4 heteroatoms. The summed E-state index contributed by atoms with van der Waals surface area (Å²) in [5, 5.41) is 10.0. The predicted molar refractivity (Wildman–Crippen MR) is 36.2 cm³/mol. The van der Waals surface area contributed by atoms with E-state index in [0.717, 1.165) is 11.0 Å². The van der Waals surface area contributed by atoms with Crippen molar-refractivity contribution in [1.29, 1.82) is 0 Å². The fraction of sp³-hybridized carbons (Fsp3) is 0. The molecule has 0 aromatic carbocycles. The fourth-order valence-electron chi connectivity index (χ4n) is 0.823. The normalized spacial score (nSPS) is 10.4. The number of furan rings is 1. The molecule has 0 radical (unpaired) electrons. The van der Waals surface area contributed by atoms with Gasteiger partial charge in [-0.1, -0.05) is 11.8 Å². The van der Waals surface area contributed by atoms with Crippen LogP contribution in [0.15, 0.2) is 17.3 Å². The average Bonchev–Trinajstić information content (AvgIpc) is 2.44. The Hall–Kier alpha value is -1.58. The number of aromatic nitrogens is 3. The third-order valence-corrected chi connectivity index (χ3v) is 1.30. The Morgan fingerprint density at radius 3 is 3.40 bits per heavy atom. The Morgan fingerprint density at radius 1 is 1.70 bits per heavy atom. The van der Waals surface area contributed by atoms with Crippen molar-refractivity contribution in [2.24, 2.45) is 0 Å². The van der Waals surface area contributed by atoms with Crippen LogP contribution < -0.4 is 0 Å². The first-order valence-electron chi connectivity index (χ1n) is 2.82. The molecule has 2 aromatic heterocycles. The number of rotatable bonds is 1. The van der Waals surface area contributed by atoms with E-state index >= 15 is 0 Å². The van der Waals surface area contributed by atoms with Gasteiger partial charge in [0.25, 0.3) is 0 Å². The summed E-state index contributed by atoms with van der Waals surface area (Å²) in [5.74, 6) is 0.656. The van der Waals surface area contributed by atoms with E-state index in [4.69, 9.17) is 4.42 Å². The molecule has 0 amide bonds. The quantitative estimate of drug-likeness (QED) is 0.639. The highest BCUT2D eigenvalue weighted by Gasteiger charge is 2.04. The lowest BCUT2D eigenvalue weighted by Crippen LogP contribution is -1.68. The molecule has 10 heavy (non-hydrogen) atoms. The van der Waals surface area contributed by atoms with Crippen LogP contribution in [-0.2, 0) is 0 Å². The highest BCUT2D eigenvalue weighted by molar-refractivity contribution is 5.80. The standard InChI is InChI=1S/C6H5N3O/c1-2-5-6-4(3-10-5)7-9-8-6/h2-3H,1H2,(H,7,8). The first-order valence-corrected chi connectivity index (χ1v) is 2.82. The topological polar surface area (TPSA) is 54.7 Å². The summed E-state index contributed by atoms with van der Waals surface area (Å²) in [6.07, 6.45) is 3.16. The molecule has 1 N–H and O–H groups in total. The highest BCUT2D eigenvalue weighted by Crippen LogP contribution is 2.15. The van der Waals surface area contributed by atoms with E-state index in [-0.39, 0.29) is 0 Å². The van der Waals surface area contributed by atoms with Crippen molar-refractivity contribution in [1.82, 2.24) is 15.4 Å². The monoisotopic (exact) mass is 135 g/mol. The zero-order chi connectivity index (χ0) is 6.97. The van der Waals surface area contributed by atoms with Gasteiger partial charge in [0, 0.05) is 0 Å². The van der Waals surface area contributed by atoms with Gasteiger partial charge in [0.1, 0.15) is 11.8 Å². The van der Waals surface area contributed by atoms with Crippen molar-refractivity contribution >= 4 is 17.1 Å². The Kier molecular flexibility index (Phi) is 0.887. The molecule has 0 spiro atoms. The van der Waals surface area contributed by atoms with Gasteiger partial charge in [0.15, 0.2) is 11.3 Å². The van der Waals surface area contributed by atoms with Crippen LogP contribution in [0.4, 0.5) is 0 Å². The second-order valence-corrected chi connectivity index (χ2v) is 1.88. The van der Waals surface area contributed by atoms with E-state index in [1.165, 1.54) is 0 Å². The van der Waals surface area contributed by atoms with Gasteiger partial charge in [0.2, 0.25) is 0 Å². The van der Waals surface area contributed by atoms with E-state index in [1.54, 1.807) is 12.3 Å². The summed E-state index contributed by atoms with van der Waals surface area (Å²) in [7, 11) is 0. The summed E-state index contributed by atoms with van der Waals surface area (Å²) in [5.41, 5.74) is 1.53. The summed E-state index contributed by atoms with van der Waals surface area (Å²) < 4.78 is 5.05. The minimum absolute atomic E-state index is 0.656. The van der Waals surface area contributed by atoms with E-state index in [2.05, 4.69) is 22.0 Å². The molecule has 2 aromatic rings. The molecule has 0 fully saturated rings. The number of nitrogens with zero attached hydrogens (tertiary/aromatic N) is 2. The Labute approximate surface area is 56.5 Å². The number of hydrogen-bond donors (Lipinski definition) is 1. The van der Waals surface area contributed by atoms with Gasteiger partial charge < -0.3 is 4.42 Å². The van der Waals surface area contributed by atoms with Crippen molar-refractivity contribution in [3.8, 4) is 0 Å². The van der Waals surface area contributed by atoms with E-state index < -0.39 is 0 Å². The van der Waals surface area contributed by atoms with Crippen LogP contribution in [0.2, 0.25) is 0 Å². The zero-order valence-electron chi connectivity index (χ0n) is 5.16. The Morgan fingerprint density at radius 2 is 2.60 bits per heavy atom. The van der Waals surface area contributed by atoms with Crippen LogP contribution in [0, 0.1) is 0 Å². The van der Waals surface area contributed by atoms with E-state index in [0.29, 0.717) is 5.76 Å². The first-order chi connectivity index (χ1) is 4.92. The van der Waals surface area contributed by atoms with Gasteiger partial charge in [-0.25, -0.2) is 0 Å². The average molecular weight is 135 g/mol. The van der Waals surface area contributed by atoms with E-state index in [1.807, 2.05) is 0 Å².